The molecular formula is C29H32N2O4S. The number of aromatic nitrogens is 2. The van der Waals surface area contributed by atoms with Crippen LogP contribution in [0.2, 0.25) is 0 Å². The van der Waals surface area contributed by atoms with Crippen LogP contribution in [0.25, 0.3) is 33.6 Å². The van der Waals surface area contributed by atoms with Gasteiger partial charge in [-0.15, -0.1) is 0 Å². The van der Waals surface area contributed by atoms with Crippen molar-refractivity contribution in [1.29, 1.82) is 0 Å². The molecule has 0 radical (unpaired) electrons. The fraction of sp³-hybridized carbons (Fsp3) is 0.241. The molecule has 2 N–H and O–H groups in total. The minimum Gasteiger partial charge on any atom is -0.412 e. The Hall–Kier alpha value is -3.55. The largest absolute Gasteiger partial charge is 0.412 e. The second-order valence-corrected chi connectivity index (χ2v) is 9.57. The van der Waals surface area contributed by atoms with Gasteiger partial charge in [-0.2, -0.15) is 5.10 Å². The summed E-state index contributed by atoms with van der Waals surface area (Å²) in [4.78, 5) is 10.9. The molecule has 1 atom stereocenters. The Morgan fingerprint density at radius 1 is 0.778 bits per heavy atom. The molecule has 4 rings (SSSR count). The standard InChI is InChI=1S/C29H30N2O3S.H2O/c1-23(32)34-35(33)22-14-3-2-13-21-31-29(26-19-11-6-12-20-26)27(24-15-7-4-8-16-24)28(30-31)25-17-9-5-10-18-25;/h4-12,15-20H,2-3,13-14,21-22H2,1H3;1H2. The normalized spacial score (nSPS) is 11.5. The van der Waals surface area contributed by atoms with Gasteiger partial charge in [0, 0.05) is 30.2 Å². The molecule has 0 saturated carbocycles. The number of hydrogen-bond donors (Lipinski definition) is 0. The minimum atomic E-state index is -1.53. The monoisotopic (exact) mass is 504 g/mol. The lowest BCUT2D eigenvalue weighted by Gasteiger charge is -2.11. The predicted octanol–water partition coefficient (Wildman–Crippen LogP) is 5.85. The molecule has 0 amide bonds. The maximum absolute atomic E-state index is 11.7. The van der Waals surface area contributed by atoms with Crippen LogP contribution in [0, 0.1) is 0 Å². The van der Waals surface area contributed by atoms with Crippen LogP contribution in [-0.2, 0) is 26.6 Å². The number of benzene rings is 3. The number of unbranched alkanes of at least 4 members (excludes halogenated alkanes) is 3. The van der Waals surface area contributed by atoms with Crippen LogP contribution in [0.5, 0.6) is 0 Å². The highest BCUT2D eigenvalue weighted by molar-refractivity contribution is 7.80. The molecule has 1 heterocycles. The predicted molar refractivity (Wildman–Crippen MR) is 145 cm³/mol. The van der Waals surface area contributed by atoms with Crippen molar-refractivity contribution < 1.29 is 18.7 Å². The van der Waals surface area contributed by atoms with Crippen molar-refractivity contribution in [1.82, 2.24) is 9.78 Å². The van der Waals surface area contributed by atoms with Crippen molar-refractivity contribution in [3.8, 4) is 33.6 Å². The molecule has 1 unspecified atom stereocenters. The first kappa shape index (κ1) is 27.0. The van der Waals surface area contributed by atoms with Crippen molar-refractivity contribution in [2.75, 3.05) is 5.75 Å². The van der Waals surface area contributed by atoms with Gasteiger partial charge in [-0.3, -0.25) is 9.48 Å². The molecule has 4 aromatic rings. The van der Waals surface area contributed by atoms with E-state index in [0.29, 0.717) is 5.75 Å². The first-order valence-corrected chi connectivity index (χ1v) is 13.2. The molecule has 0 aliphatic rings. The molecule has 36 heavy (non-hydrogen) atoms. The number of carbonyl (C=O) groups excluding carboxylic acids is 1. The fourth-order valence-corrected chi connectivity index (χ4v) is 4.98. The van der Waals surface area contributed by atoms with E-state index in [1.54, 1.807) is 0 Å². The number of aryl methyl sites for hydroxylation is 1. The third-order valence-electron chi connectivity index (χ3n) is 5.75. The Labute approximate surface area is 214 Å². The molecule has 0 fully saturated rings. The summed E-state index contributed by atoms with van der Waals surface area (Å²) in [6, 6.07) is 31.2. The lowest BCUT2D eigenvalue weighted by atomic mass is 9.96. The maximum atomic E-state index is 11.7. The van der Waals surface area contributed by atoms with Gasteiger partial charge in [0.25, 0.3) is 0 Å². The summed E-state index contributed by atoms with van der Waals surface area (Å²) in [5.41, 5.74) is 6.61. The van der Waals surface area contributed by atoms with Crippen molar-refractivity contribution in [2.45, 2.75) is 39.2 Å². The highest BCUT2D eigenvalue weighted by atomic mass is 32.2. The van der Waals surface area contributed by atoms with Gasteiger partial charge in [0.05, 0.1) is 11.4 Å². The zero-order chi connectivity index (χ0) is 24.5. The van der Waals surface area contributed by atoms with E-state index in [1.165, 1.54) is 6.92 Å². The molecule has 188 valence electrons. The first-order chi connectivity index (χ1) is 17.1. The molecule has 0 aliphatic carbocycles. The minimum absolute atomic E-state index is 0. The third-order valence-corrected chi connectivity index (χ3v) is 6.79. The van der Waals surface area contributed by atoms with Gasteiger partial charge in [0.15, 0.2) is 0 Å². The van der Waals surface area contributed by atoms with Crippen LogP contribution >= 0.6 is 0 Å². The molecule has 0 aliphatic heterocycles. The van der Waals surface area contributed by atoms with Gasteiger partial charge in [-0.1, -0.05) is 104 Å². The van der Waals surface area contributed by atoms with Gasteiger partial charge in [-0.05, 0) is 18.4 Å². The summed E-state index contributed by atoms with van der Waals surface area (Å²) in [7, 11) is 0. The van der Waals surface area contributed by atoms with Crippen molar-refractivity contribution in [2.24, 2.45) is 0 Å². The summed E-state index contributed by atoms with van der Waals surface area (Å²) in [5, 5.41) is 5.12. The Morgan fingerprint density at radius 2 is 1.31 bits per heavy atom. The van der Waals surface area contributed by atoms with Crippen LogP contribution < -0.4 is 0 Å². The van der Waals surface area contributed by atoms with E-state index in [0.717, 1.165) is 65.9 Å². The Bertz CT molecular complexity index is 1260. The van der Waals surface area contributed by atoms with E-state index in [2.05, 4.69) is 65.3 Å². The van der Waals surface area contributed by atoms with Crippen molar-refractivity contribution >= 4 is 17.0 Å². The molecule has 3 aromatic carbocycles. The smallest absolute Gasteiger partial charge is 0.316 e. The number of rotatable bonds is 11. The average Bonchev–Trinajstić information content (AvgIpc) is 3.26. The zero-order valence-corrected chi connectivity index (χ0v) is 21.2. The number of carbonyl (C=O) groups is 1. The van der Waals surface area contributed by atoms with E-state index < -0.39 is 17.0 Å². The second kappa shape index (κ2) is 13.5. The topological polar surface area (TPSA) is 92.7 Å². The Balaban J connectivity index is 0.00000361. The van der Waals surface area contributed by atoms with E-state index in [-0.39, 0.29) is 5.48 Å². The highest BCUT2D eigenvalue weighted by Gasteiger charge is 2.21. The summed E-state index contributed by atoms with van der Waals surface area (Å²) in [5.74, 6) is -0.119. The van der Waals surface area contributed by atoms with Crippen LogP contribution in [0.3, 0.4) is 0 Å². The van der Waals surface area contributed by atoms with Crippen LogP contribution in [0.15, 0.2) is 91.0 Å². The third kappa shape index (κ3) is 6.99. The summed E-state index contributed by atoms with van der Waals surface area (Å²) in [6.45, 7) is 2.06. The quantitative estimate of drug-likeness (QED) is 0.240. The molecule has 0 bridgehead atoms. The number of nitrogens with zero attached hydrogens (tertiary/aromatic N) is 2. The average molecular weight is 505 g/mol. The Kier molecular flexibility index (Phi) is 10.2. The SMILES string of the molecule is CC(=O)OS(=O)CCCCCCn1nc(-c2ccccc2)c(-c2ccccc2)c1-c1ccccc1.O. The highest BCUT2D eigenvalue weighted by Crippen LogP contribution is 2.40. The van der Waals surface area contributed by atoms with Crippen molar-refractivity contribution in [3.63, 3.8) is 0 Å². The van der Waals surface area contributed by atoms with Gasteiger partial charge in [-0.25, -0.2) is 4.21 Å². The zero-order valence-electron chi connectivity index (χ0n) is 20.4. The van der Waals surface area contributed by atoms with Gasteiger partial charge in [0.2, 0.25) is 11.1 Å². The van der Waals surface area contributed by atoms with E-state index in [4.69, 9.17) is 9.28 Å². The fourth-order valence-electron chi connectivity index (χ4n) is 4.20. The number of hydrogen-bond acceptors (Lipinski definition) is 4. The first-order valence-electron chi connectivity index (χ1n) is 12.0. The maximum Gasteiger partial charge on any atom is 0.316 e. The van der Waals surface area contributed by atoms with E-state index in [9.17, 15) is 9.00 Å². The lowest BCUT2D eigenvalue weighted by Crippen LogP contribution is -2.07. The molecular weight excluding hydrogens is 472 g/mol. The van der Waals surface area contributed by atoms with Crippen molar-refractivity contribution in [3.05, 3.63) is 91.0 Å². The van der Waals surface area contributed by atoms with Crippen LogP contribution in [0.1, 0.15) is 32.6 Å². The van der Waals surface area contributed by atoms with Crippen LogP contribution in [-0.4, -0.2) is 31.2 Å². The summed E-state index contributed by atoms with van der Waals surface area (Å²) in [6.07, 6.45) is 3.61. The summed E-state index contributed by atoms with van der Waals surface area (Å²) < 4.78 is 18.5. The molecule has 6 nitrogen and oxygen atoms in total. The van der Waals surface area contributed by atoms with Gasteiger partial charge in [0.1, 0.15) is 5.69 Å². The van der Waals surface area contributed by atoms with Crippen LogP contribution in [0.4, 0.5) is 0 Å². The molecule has 0 saturated heterocycles. The molecule has 7 heteroatoms. The summed E-state index contributed by atoms with van der Waals surface area (Å²) >= 11 is -1.53. The second-order valence-electron chi connectivity index (χ2n) is 8.39. The van der Waals surface area contributed by atoms with E-state index >= 15 is 0 Å². The van der Waals surface area contributed by atoms with Gasteiger partial charge >= 0.3 is 5.97 Å². The molecule has 0 spiro atoms. The Morgan fingerprint density at radius 3 is 1.89 bits per heavy atom. The van der Waals surface area contributed by atoms with E-state index in [1.807, 2.05) is 30.3 Å². The van der Waals surface area contributed by atoms with Gasteiger partial charge < -0.3 is 9.66 Å². The lowest BCUT2D eigenvalue weighted by molar-refractivity contribution is -0.130. The molecule has 1 aromatic heterocycles.